The van der Waals surface area contributed by atoms with Gasteiger partial charge in [-0.3, -0.25) is 14.7 Å². The molecule has 1 aliphatic heterocycles. The van der Waals surface area contributed by atoms with Gasteiger partial charge in [0.05, 0.1) is 11.1 Å². The zero-order valence-corrected chi connectivity index (χ0v) is 14.5. The lowest BCUT2D eigenvalue weighted by Crippen LogP contribution is -2.43. The van der Waals surface area contributed by atoms with Gasteiger partial charge < -0.3 is 5.32 Å². The first kappa shape index (κ1) is 15.6. The van der Waals surface area contributed by atoms with Gasteiger partial charge >= 0.3 is 0 Å². The number of aromatic nitrogens is 1. The van der Waals surface area contributed by atoms with Gasteiger partial charge in [0.1, 0.15) is 6.17 Å². The molecule has 0 unspecified atom stereocenters. The largest absolute Gasteiger partial charge is 0.360 e. The lowest BCUT2D eigenvalue weighted by atomic mass is 10.0. The van der Waals surface area contributed by atoms with Crippen molar-refractivity contribution in [3.8, 4) is 0 Å². The molecule has 1 aromatic heterocycles. The summed E-state index contributed by atoms with van der Waals surface area (Å²) in [7, 11) is 0. The number of nitrogens with one attached hydrogen (secondary N) is 1. The van der Waals surface area contributed by atoms with Crippen LogP contribution in [0.1, 0.15) is 22.1 Å². The van der Waals surface area contributed by atoms with E-state index in [-0.39, 0.29) is 12.1 Å². The van der Waals surface area contributed by atoms with Crippen LogP contribution in [0.5, 0.6) is 0 Å². The van der Waals surface area contributed by atoms with Crippen LogP contribution in [0.4, 0.5) is 11.4 Å². The molecule has 0 saturated heterocycles. The highest BCUT2D eigenvalue weighted by molar-refractivity contribution is 6.12. The number of carbonyl (C=O) groups excluding carboxylic acids is 1. The molecule has 4 aromatic rings. The number of benzene rings is 3. The highest BCUT2D eigenvalue weighted by Gasteiger charge is 2.33. The van der Waals surface area contributed by atoms with Crippen LogP contribution in [0.15, 0.2) is 91.1 Å². The highest BCUT2D eigenvalue weighted by atomic mass is 16.2. The van der Waals surface area contributed by atoms with E-state index in [1.807, 2.05) is 83.8 Å². The predicted octanol–water partition coefficient (Wildman–Crippen LogP) is 5.01. The Morgan fingerprint density at radius 3 is 2.56 bits per heavy atom. The smallest absolute Gasteiger partial charge is 0.262 e. The average molecular weight is 351 g/mol. The Bertz CT molecular complexity index is 1140. The molecular formula is C23H17N3O. The number of nitrogens with zero attached hydrogens (tertiary/aromatic N) is 2. The van der Waals surface area contributed by atoms with Gasteiger partial charge in [0.15, 0.2) is 0 Å². The topological polar surface area (TPSA) is 45.2 Å². The Kier molecular flexibility index (Phi) is 3.61. The van der Waals surface area contributed by atoms with Crippen LogP contribution < -0.4 is 10.2 Å². The monoisotopic (exact) mass is 351 g/mol. The first-order chi connectivity index (χ1) is 13.3. The maximum absolute atomic E-state index is 13.3. The zero-order chi connectivity index (χ0) is 18.2. The molecule has 3 aromatic carbocycles. The van der Waals surface area contributed by atoms with E-state index >= 15 is 0 Å². The summed E-state index contributed by atoms with van der Waals surface area (Å²) in [5.41, 5.74) is 4.29. The van der Waals surface area contributed by atoms with Gasteiger partial charge in [-0.2, -0.15) is 0 Å². The summed E-state index contributed by atoms with van der Waals surface area (Å²) in [5, 5.41) is 4.61. The van der Waals surface area contributed by atoms with Crippen LogP contribution in [0, 0.1) is 0 Å². The van der Waals surface area contributed by atoms with Gasteiger partial charge in [0.25, 0.3) is 5.91 Å². The molecule has 1 N–H and O–H groups in total. The Morgan fingerprint density at radius 2 is 1.67 bits per heavy atom. The highest BCUT2D eigenvalue weighted by Crippen LogP contribution is 2.37. The second-order valence-corrected chi connectivity index (χ2v) is 6.56. The van der Waals surface area contributed by atoms with Crippen LogP contribution in [-0.2, 0) is 0 Å². The zero-order valence-electron chi connectivity index (χ0n) is 14.5. The van der Waals surface area contributed by atoms with E-state index in [0.29, 0.717) is 5.56 Å². The van der Waals surface area contributed by atoms with Gasteiger partial charge in [-0.15, -0.1) is 0 Å². The summed E-state index contributed by atoms with van der Waals surface area (Å²) in [4.78, 5) is 19.6. The third kappa shape index (κ3) is 2.62. The van der Waals surface area contributed by atoms with Crippen molar-refractivity contribution in [2.45, 2.75) is 6.17 Å². The van der Waals surface area contributed by atoms with Gasteiger partial charge in [0.2, 0.25) is 0 Å². The Hall–Kier alpha value is -3.66. The van der Waals surface area contributed by atoms with Crippen molar-refractivity contribution in [3.05, 3.63) is 102 Å². The molecular weight excluding hydrogens is 334 g/mol. The van der Waals surface area contributed by atoms with E-state index in [0.717, 1.165) is 27.8 Å². The van der Waals surface area contributed by atoms with Gasteiger partial charge in [-0.25, -0.2) is 0 Å². The van der Waals surface area contributed by atoms with E-state index in [1.165, 1.54) is 0 Å². The van der Waals surface area contributed by atoms with Crippen LogP contribution in [0.3, 0.4) is 0 Å². The molecule has 4 nitrogen and oxygen atoms in total. The minimum atomic E-state index is -0.304. The lowest BCUT2D eigenvalue weighted by molar-refractivity contribution is 0.0975. The maximum atomic E-state index is 13.3. The molecule has 0 saturated carbocycles. The molecule has 0 spiro atoms. The number of amides is 1. The van der Waals surface area contributed by atoms with Crippen molar-refractivity contribution in [1.82, 2.24) is 4.98 Å². The summed E-state index contributed by atoms with van der Waals surface area (Å²) >= 11 is 0. The minimum Gasteiger partial charge on any atom is -0.360 e. The Balaban J connectivity index is 1.68. The summed E-state index contributed by atoms with van der Waals surface area (Å²) in [6, 6.07) is 27.5. The number of carbonyl (C=O) groups is 1. The van der Waals surface area contributed by atoms with Crippen molar-refractivity contribution in [3.63, 3.8) is 0 Å². The molecule has 0 fully saturated rings. The summed E-state index contributed by atoms with van der Waals surface area (Å²) < 4.78 is 0. The molecule has 2 heterocycles. The minimum absolute atomic E-state index is 0.0123. The fraction of sp³-hybridized carbons (Fsp3) is 0.0435. The molecule has 27 heavy (non-hydrogen) atoms. The Labute approximate surface area is 157 Å². The maximum Gasteiger partial charge on any atom is 0.262 e. The first-order valence-electron chi connectivity index (χ1n) is 8.90. The second kappa shape index (κ2) is 6.25. The number of pyridine rings is 1. The number of hydrogen-bond acceptors (Lipinski definition) is 3. The molecule has 1 atom stereocenters. The fourth-order valence-electron chi connectivity index (χ4n) is 3.60. The first-order valence-corrected chi connectivity index (χ1v) is 8.90. The third-order valence-electron chi connectivity index (χ3n) is 4.91. The lowest BCUT2D eigenvalue weighted by Gasteiger charge is -2.38. The number of anilines is 2. The molecule has 130 valence electrons. The van der Waals surface area contributed by atoms with E-state index in [9.17, 15) is 4.79 Å². The molecule has 0 bridgehead atoms. The van der Waals surface area contributed by atoms with Gasteiger partial charge in [0, 0.05) is 23.0 Å². The van der Waals surface area contributed by atoms with Gasteiger partial charge in [-0.05, 0) is 42.0 Å². The van der Waals surface area contributed by atoms with Crippen LogP contribution >= 0.6 is 0 Å². The second-order valence-electron chi connectivity index (χ2n) is 6.56. The fourth-order valence-corrected chi connectivity index (χ4v) is 3.60. The van der Waals surface area contributed by atoms with E-state index in [2.05, 4.69) is 16.4 Å². The molecule has 4 heteroatoms. The number of fused-ring (bicyclic) bond motifs is 2. The molecule has 0 radical (unpaired) electrons. The van der Waals surface area contributed by atoms with Crippen LogP contribution in [0.25, 0.3) is 10.9 Å². The Morgan fingerprint density at radius 1 is 0.852 bits per heavy atom. The third-order valence-corrected chi connectivity index (χ3v) is 4.91. The van der Waals surface area contributed by atoms with Crippen molar-refractivity contribution < 1.29 is 4.79 Å². The van der Waals surface area contributed by atoms with Crippen LogP contribution in [-0.4, -0.2) is 10.9 Å². The summed E-state index contributed by atoms with van der Waals surface area (Å²) in [6.07, 6.45) is 1.48. The normalized spacial score (nSPS) is 16.1. The average Bonchev–Trinajstić information content (AvgIpc) is 2.74. The van der Waals surface area contributed by atoms with Crippen LogP contribution in [0.2, 0.25) is 0 Å². The van der Waals surface area contributed by atoms with Crippen molar-refractivity contribution in [2.75, 3.05) is 10.2 Å². The standard InChI is InChI=1S/C23H17N3O/c27-23-19-10-4-5-11-20(19)25-22(26(23)18-8-2-1-3-9-18)17-13-12-16-7-6-14-24-21(16)15-17/h1-15,22,25H/t22-/m1/s1. The van der Waals surface area contributed by atoms with E-state index in [4.69, 9.17) is 0 Å². The van der Waals surface area contributed by atoms with Crippen molar-refractivity contribution >= 4 is 28.2 Å². The number of rotatable bonds is 2. The summed E-state index contributed by atoms with van der Waals surface area (Å²) in [5.74, 6) is -0.0123. The number of para-hydroxylation sites is 2. The van der Waals surface area contributed by atoms with Crippen molar-refractivity contribution in [1.29, 1.82) is 0 Å². The summed E-state index contributed by atoms with van der Waals surface area (Å²) in [6.45, 7) is 0. The predicted molar refractivity (Wildman–Crippen MR) is 108 cm³/mol. The molecule has 5 rings (SSSR count). The quantitative estimate of drug-likeness (QED) is 0.552. The molecule has 1 amide bonds. The molecule has 0 aliphatic carbocycles. The SMILES string of the molecule is O=C1c2ccccc2N[C@@H](c2ccc3cccnc3c2)N1c1ccccc1. The van der Waals surface area contributed by atoms with Crippen molar-refractivity contribution in [2.24, 2.45) is 0 Å². The van der Waals surface area contributed by atoms with E-state index < -0.39 is 0 Å². The van der Waals surface area contributed by atoms with E-state index in [1.54, 1.807) is 6.20 Å². The molecule has 1 aliphatic rings. The van der Waals surface area contributed by atoms with Gasteiger partial charge in [-0.1, -0.05) is 48.5 Å². The number of hydrogen-bond donors (Lipinski definition) is 1.